The van der Waals surface area contributed by atoms with Crippen molar-refractivity contribution in [3.8, 4) is 0 Å². The molecule has 0 aliphatic rings. The number of carbonyl (C=O) groups excluding carboxylic acids is 1. The fourth-order valence-electron chi connectivity index (χ4n) is 2.11. The summed E-state index contributed by atoms with van der Waals surface area (Å²) in [6, 6.07) is 13.4. The van der Waals surface area contributed by atoms with Gasteiger partial charge in [0.25, 0.3) is 10.0 Å². The predicted octanol–water partition coefficient (Wildman–Crippen LogP) is 3.64. The highest BCUT2D eigenvalue weighted by Crippen LogP contribution is 2.19. The van der Waals surface area contributed by atoms with Crippen molar-refractivity contribution in [1.29, 1.82) is 0 Å². The Labute approximate surface area is 131 Å². The highest BCUT2D eigenvalue weighted by molar-refractivity contribution is 7.92. The summed E-state index contributed by atoms with van der Waals surface area (Å²) in [5.74, 6) is -0.0787. The molecule has 2 aromatic carbocycles. The number of nitrogens with one attached hydrogen (secondary N) is 1. The van der Waals surface area contributed by atoms with Crippen molar-refractivity contribution in [1.82, 2.24) is 0 Å². The SMILES string of the molecule is CCC(=O)c1cccc(S(=O)(=O)Nc2cccc(CC)c2)c1. The van der Waals surface area contributed by atoms with Crippen molar-refractivity contribution >= 4 is 21.5 Å². The smallest absolute Gasteiger partial charge is 0.261 e. The number of hydrogen-bond acceptors (Lipinski definition) is 3. The number of ketones is 1. The first-order chi connectivity index (χ1) is 10.5. The number of rotatable bonds is 6. The lowest BCUT2D eigenvalue weighted by molar-refractivity contribution is 0.0988. The summed E-state index contributed by atoms with van der Waals surface area (Å²) in [7, 11) is -3.70. The maximum absolute atomic E-state index is 12.4. The molecule has 0 amide bonds. The number of aryl methyl sites for hydroxylation is 1. The molecule has 0 aliphatic heterocycles. The van der Waals surface area contributed by atoms with Crippen LogP contribution >= 0.6 is 0 Å². The van der Waals surface area contributed by atoms with Crippen LogP contribution in [-0.4, -0.2) is 14.2 Å². The van der Waals surface area contributed by atoms with Crippen LogP contribution in [0, 0.1) is 0 Å². The Morgan fingerprint density at radius 1 is 1.05 bits per heavy atom. The van der Waals surface area contributed by atoms with Gasteiger partial charge in [0.15, 0.2) is 5.78 Å². The molecule has 22 heavy (non-hydrogen) atoms. The Balaban J connectivity index is 2.32. The van der Waals surface area contributed by atoms with E-state index in [2.05, 4.69) is 4.72 Å². The van der Waals surface area contributed by atoms with Gasteiger partial charge in [-0.3, -0.25) is 9.52 Å². The third-order valence-electron chi connectivity index (χ3n) is 3.37. The maximum Gasteiger partial charge on any atom is 0.261 e. The summed E-state index contributed by atoms with van der Waals surface area (Å²) in [5.41, 5.74) is 1.98. The topological polar surface area (TPSA) is 63.2 Å². The molecule has 2 rings (SSSR count). The second-order valence-corrected chi connectivity index (χ2v) is 6.65. The monoisotopic (exact) mass is 317 g/mol. The quantitative estimate of drug-likeness (QED) is 0.827. The fraction of sp³-hybridized carbons (Fsp3) is 0.235. The molecule has 0 heterocycles. The van der Waals surface area contributed by atoms with Gasteiger partial charge in [-0.25, -0.2) is 8.42 Å². The molecule has 4 nitrogen and oxygen atoms in total. The Hall–Kier alpha value is -2.14. The molecule has 0 atom stereocenters. The molecular formula is C17H19NO3S. The highest BCUT2D eigenvalue weighted by Gasteiger charge is 2.16. The van der Waals surface area contributed by atoms with Gasteiger partial charge in [0, 0.05) is 17.7 Å². The average Bonchev–Trinajstić information content (AvgIpc) is 2.54. The molecule has 0 saturated heterocycles. The second-order valence-electron chi connectivity index (χ2n) is 4.96. The fourth-order valence-corrected chi connectivity index (χ4v) is 3.20. The van der Waals surface area contributed by atoms with Gasteiger partial charge in [-0.1, -0.05) is 38.1 Å². The van der Waals surface area contributed by atoms with Crippen molar-refractivity contribution < 1.29 is 13.2 Å². The Bertz CT molecular complexity index is 782. The van der Waals surface area contributed by atoms with Crippen LogP contribution in [0.3, 0.4) is 0 Å². The van der Waals surface area contributed by atoms with Gasteiger partial charge in [0.2, 0.25) is 0 Å². The molecular weight excluding hydrogens is 298 g/mol. The van der Waals surface area contributed by atoms with E-state index in [0.717, 1.165) is 12.0 Å². The average molecular weight is 317 g/mol. The van der Waals surface area contributed by atoms with Crippen molar-refractivity contribution in [2.45, 2.75) is 31.6 Å². The summed E-state index contributed by atoms with van der Waals surface area (Å²) in [4.78, 5) is 11.8. The molecule has 0 bridgehead atoms. The molecule has 0 radical (unpaired) electrons. The van der Waals surface area contributed by atoms with Gasteiger partial charge in [-0.05, 0) is 36.2 Å². The lowest BCUT2D eigenvalue weighted by Crippen LogP contribution is -2.13. The molecule has 0 spiro atoms. The van der Waals surface area contributed by atoms with Crippen molar-refractivity contribution in [2.75, 3.05) is 4.72 Å². The molecule has 0 fully saturated rings. The zero-order valence-corrected chi connectivity index (χ0v) is 13.5. The minimum Gasteiger partial charge on any atom is -0.294 e. The van der Waals surface area contributed by atoms with E-state index in [1.54, 1.807) is 31.2 Å². The highest BCUT2D eigenvalue weighted by atomic mass is 32.2. The lowest BCUT2D eigenvalue weighted by atomic mass is 10.1. The van der Waals surface area contributed by atoms with Gasteiger partial charge >= 0.3 is 0 Å². The maximum atomic E-state index is 12.4. The van der Waals surface area contributed by atoms with E-state index >= 15 is 0 Å². The summed E-state index contributed by atoms with van der Waals surface area (Å²) in [5, 5.41) is 0. The van der Waals surface area contributed by atoms with Gasteiger partial charge in [-0.2, -0.15) is 0 Å². The molecule has 0 saturated carbocycles. The van der Waals surface area contributed by atoms with Crippen LogP contribution in [0.2, 0.25) is 0 Å². The third-order valence-corrected chi connectivity index (χ3v) is 4.75. The van der Waals surface area contributed by atoms with Gasteiger partial charge in [0.1, 0.15) is 0 Å². The van der Waals surface area contributed by atoms with E-state index in [9.17, 15) is 13.2 Å². The van der Waals surface area contributed by atoms with Crippen LogP contribution in [0.25, 0.3) is 0 Å². The van der Waals surface area contributed by atoms with Gasteiger partial charge in [-0.15, -0.1) is 0 Å². The van der Waals surface area contributed by atoms with Crippen LogP contribution in [0.5, 0.6) is 0 Å². The Morgan fingerprint density at radius 2 is 1.77 bits per heavy atom. The standard InChI is InChI=1S/C17H19NO3S/c1-3-13-7-5-9-15(11-13)18-22(20,21)16-10-6-8-14(12-16)17(19)4-2/h5-12,18H,3-4H2,1-2H3. The molecule has 0 aromatic heterocycles. The number of carbonyl (C=O) groups is 1. The number of hydrogen-bond donors (Lipinski definition) is 1. The number of anilines is 1. The molecule has 1 N–H and O–H groups in total. The number of sulfonamides is 1. The largest absolute Gasteiger partial charge is 0.294 e. The Kier molecular flexibility index (Phi) is 4.98. The second kappa shape index (κ2) is 6.75. The molecule has 116 valence electrons. The minimum atomic E-state index is -3.70. The van der Waals surface area contributed by atoms with Crippen LogP contribution < -0.4 is 4.72 Å². The third kappa shape index (κ3) is 3.74. The first kappa shape index (κ1) is 16.2. The molecule has 0 unspecified atom stereocenters. The molecule has 5 heteroatoms. The Morgan fingerprint density at radius 3 is 2.45 bits per heavy atom. The first-order valence-corrected chi connectivity index (χ1v) is 8.69. The minimum absolute atomic E-state index is 0.0787. The van der Waals surface area contributed by atoms with Crippen molar-refractivity contribution in [3.63, 3.8) is 0 Å². The van der Waals surface area contributed by atoms with E-state index in [1.807, 2.05) is 19.1 Å². The lowest BCUT2D eigenvalue weighted by Gasteiger charge is -2.10. The van der Waals surface area contributed by atoms with E-state index < -0.39 is 10.0 Å². The summed E-state index contributed by atoms with van der Waals surface area (Å²) in [6.45, 7) is 3.76. The predicted molar refractivity (Wildman–Crippen MR) is 87.7 cm³/mol. The van der Waals surface area contributed by atoms with Gasteiger partial charge < -0.3 is 0 Å². The van der Waals surface area contributed by atoms with Crippen molar-refractivity contribution in [2.24, 2.45) is 0 Å². The van der Waals surface area contributed by atoms with Gasteiger partial charge in [0.05, 0.1) is 4.90 Å². The van der Waals surface area contributed by atoms with E-state index in [0.29, 0.717) is 17.7 Å². The van der Waals surface area contributed by atoms with Crippen LogP contribution in [0.4, 0.5) is 5.69 Å². The summed E-state index contributed by atoms with van der Waals surface area (Å²) >= 11 is 0. The number of Topliss-reactive ketones (excluding diaryl/α,β-unsaturated/α-hetero) is 1. The van der Waals surface area contributed by atoms with Crippen LogP contribution in [-0.2, 0) is 16.4 Å². The zero-order valence-electron chi connectivity index (χ0n) is 12.7. The van der Waals surface area contributed by atoms with Crippen molar-refractivity contribution in [3.05, 3.63) is 59.7 Å². The normalized spacial score (nSPS) is 11.2. The zero-order chi connectivity index (χ0) is 16.2. The van der Waals surface area contributed by atoms with E-state index in [4.69, 9.17) is 0 Å². The molecule has 2 aromatic rings. The van der Waals surface area contributed by atoms with E-state index in [1.165, 1.54) is 12.1 Å². The van der Waals surface area contributed by atoms with E-state index in [-0.39, 0.29) is 10.7 Å². The van der Waals surface area contributed by atoms with Crippen LogP contribution in [0.1, 0.15) is 36.2 Å². The van der Waals surface area contributed by atoms with Crippen LogP contribution in [0.15, 0.2) is 53.4 Å². The first-order valence-electron chi connectivity index (χ1n) is 7.21. The molecule has 0 aliphatic carbocycles. The summed E-state index contributed by atoms with van der Waals surface area (Å²) in [6.07, 6.45) is 1.17. The summed E-state index contributed by atoms with van der Waals surface area (Å²) < 4.78 is 27.4. The number of benzene rings is 2.